The maximum atomic E-state index is 14.9. The summed E-state index contributed by atoms with van der Waals surface area (Å²) in [6.45, 7) is 14.2. The molecule has 1 aromatic carbocycles. The van der Waals surface area contributed by atoms with E-state index in [1.807, 2.05) is 27.7 Å². The monoisotopic (exact) mass is 1420 g/mol. The molecule has 12 amide bonds. The first-order chi connectivity index (χ1) is 47.4. The lowest BCUT2D eigenvalue weighted by molar-refractivity contribution is -0.142. The molecule has 0 radical (unpaired) electrons. The van der Waals surface area contributed by atoms with Gasteiger partial charge in [0.05, 0.1) is 36.8 Å². The standard InChI is InChI=1S/C66H103N17O16S/c1-9-35(6)52(69)66-72-32-48(100-66)63(97)80-43(26-34(4)5)59(93)75-42(22-23-50(85)86)58(92)83-53(36(7)10-2)64(98)76-40-20-15-16-25-71-55(89)46(29-49(68)84)78-62(96)47(30-51(87)88)79-61(95)45(28-39-31-70-33-73-39)77-60(94)44(27-38-18-13-12-14-19-38)81-65(99)54(37(8)11-3)82-57(91)41(21-17-24-67)74-56(40)90/h12-14,18-19,31,33-37,40-48,52-54H,9-11,15-17,20-30,32,67,69H2,1-8H3,(H2,68,84)(H,70,73)(H,71,89)(H,74,90)(H,75,93)(H,76,98)(H,77,94)(H,78,96)(H,79,95)(H,80,97)(H,81,99)(H,82,91)(H,83,92)(H,85,86)(H,87,88)/t35-,36+,37+,40-,41+,42+,43-,44-,45-,46-,47+,48?,52-,53-,54-/m0/s1. The van der Waals surface area contributed by atoms with Gasteiger partial charge in [0, 0.05) is 37.7 Å². The molecule has 2 aliphatic heterocycles. The van der Waals surface area contributed by atoms with E-state index >= 15 is 0 Å². The lowest BCUT2D eigenvalue weighted by Crippen LogP contribution is -2.62. The summed E-state index contributed by atoms with van der Waals surface area (Å²) in [4.78, 5) is 207. The Balaban J connectivity index is 1.76. The van der Waals surface area contributed by atoms with Gasteiger partial charge in [-0.05, 0) is 80.7 Å². The number of aromatic amines is 1. The number of primary amides is 1. The zero-order chi connectivity index (χ0) is 74.3. The molecule has 3 heterocycles. The predicted octanol–water partition coefficient (Wildman–Crippen LogP) is -1.68. The molecule has 34 heteroatoms. The van der Waals surface area contributed by atoms with Crippen LogP contribution in [0.3, 0.4) is 0 Å². The van der Waals surface area contributed by atoms with Crippen molar-refractivity contribution in [3.05, 3.63) is 54.1 Å². The van der Waals surface area contributed by atoms with Crippen LogP contribution < -0.4 is 75.7 Å². The molecule has 554 valence electrons. The van der Waals surface area contributed by atoms with Crippen LogP contribution in [0, 0.1) is 23.7 Å². The van der Waals surface area contributed by atoms with Crippen LogP contribution in [0.1, 0.15) is 150 Å². The van der Waals surface area contributed by atoms with Crippen molar-refractivity contribution in [2.75, 3.05) is 19.6 Å². The quantitative estimate of drug-likeness (QED) is 0.0401. The van der Waals surface area contributed by atoms with Gasteiger partial charge < -0.3 is 90.9 Å². The summed E-state index contributed by atoms with van der Waals surface area (Å²) >= 11 is 1.20. The number of H-pyrrole nitrogens is 1. The smallest absolute Gasteiger partial charge is 0.305 e. The Labute approximate surface area is 586 Å². The molecule has 0 aliphatic carbocycles. The fourth-order valence-corrected chi connectivity index (χ4v) is 12.0. The largest absolute Gasteiger partial charge is 0.481 e. The minimum Gasteiger partial charge on any atom is -0.481 e. The molecule has 1 fully saturated rings. The zero-order valence-electron chi connectivity index (χ0n) is 58.2. The average molecular weight is 1420 g/mol. The third kappa shape index (κ3) is 27.6. The number of nitrogens with two attached hydrogens (primary N) is 3. The van der Waals surface area contributed by atoms with Crippen LogP contribution in [0.5, 0.6) is 0 Å². The highest BCUT2D eigenvalue weighted by molar-refractivity contribution is 8.15. The minimum atomic E-state index is -1.94. The zero-order valence-corrected chi connectivity index (χ0v) is 59.0. The van der Waals surface area contributed by atoms with Crippen LogP contribution in [0.15, 0.2) is 47.8 Å². The van der Waals surface area contributed by atoms with Gasteiger partial charge >= 0.3 is 11.9 Å². The number of carboxylic acid groups (broad SMARTS) is 2. The van der Waals surface area contributed by atoms with Gasteiger partial charge in [0.15, 0.2) is 0 Å². The first-order valence-corrected chi connectivity index (χ1v) is 35.0. The molecule has 1 unspecified atom stereocenters. The molecule has 0 spiro atoms. The van der Waals surface area contributed by atoms with Gasteiger partial charge in [0.25, 0.3) is 0 Å². The lowest BCUT2D eigenvalue weighted by atomic mass is 9.96. The molecule has 33 nitrogen and oxygen atoms in total. The van der Waals surface area contributed by atoms with Crippen molar-refractivity contribution in [1.29, 1.82) is 0 Å². The van der Waals surface area contributed by atoms with Crippen LogP contribution in [0.4, 0.5) is 0 Å². The number of hydrogen-bond acceptors (Lipinski definition) is 19. The molecule has 2 aromatic rings. The number of thioether (sulfide) groups is 1. The Kier molecular flexibility index (Phi) is 35.1. The van der Waals surface area contributed by atoms with Crippen molar-refractivity contribution in [3.8, 4) is 0 Å². The number of nitrogens with one attached hydrogen (secondary N) is 12. The summed E-state index contributed by atoms with van der Waals surface area (Å²) in [7, 11) is 0. The number of benzene rings is 1. The van der Waals surface area contributed by atoms with Gasteiger partial charge in [-0.1, -0.05) is 117 Å². The van der Waals surface area contributed by atoms with Crippen LogP contribution in [0.2, 0.25) is 0 Å². The number of rotatable bonds is 31. The third-order valence-corrected chi connectivity index (χ3v) is 18.8. The highest BCUT2D eigenvalue weighted by Crippen LogP contribution is 2.27. The van der Waals surface area contributed by atoms with E-state index in [1.54, 1.807) is 58.0 Å². The highest BCUT2D eigenvalue weighted by Gasteiger charge is 2.40. The molecular weight excluding hydrogens is 1320 g/mol. The average Bonchev–Trinajstić information content (AvgIpc) is 1.24. The topological polar surface area (TPSA) is 531 Å². The molecule has 1 aromatic heterocycles. The third-order valence-electron chi connectivity index (χ3n) is 17.5. The van der Waals surface area contributed by atoms with Crippen molar-refractivity contribution >= 4 is 99.6 Å². The van der Waals surface area contributed by atoms with Crippen LogP contribution in [-0.2, 0) is 80.0 Å². The van der Waals surface area contributed by atoms with E-state index in [-0.39, 0.29) is 95.7 Å². The Morgan fingerprint density at radius 3 is 1.85 bits per heavy atom. The van der Waals surface area contributed by atoms with Crippen molar-refractivity contribution in [2.24, 2.45) is 45.9 Å². The molecule has 15 atom stereocenters. The Bertz CT molecular complexity index is 3160. The summed E-state index contributed by atoms with van der Waals surface area (Å²) < 4.78 is 0. The molecule has 100 heavy (non-hydrogen) atoms. The number of imidazole rings is 1. The minimum absolute atomic E-state index is 0.00169. The van der Waals surface area contributed by atoms with Crippen molar-refractivity contribution < 1.29 is 77.3 Å². The second-order valence-corrected chi connectivity index (χ2v) is 27.2. The Hall–Kier alpha value is -9.05. The fraction of sp³-hybridized carbons (Fsp3) is 0.636. The number of carbonyl (C=O) groups is 14. The molecule has 4 rings (SSSR count). The first-order valence-electron chi connectivity index (χ1n) is 34.1. The highest BCUT2D eigenvalue weighted by atomic mass is 32.2. The first kappa shape index (κ1) is 83.4. The number of hydrogen-bond donors (Lipinski definition) is 17. The predicted molar refractivity (Wildman–Crippen MR) is 369 cm³/mol. The summed E-state index contributed by atoms with van der Waals surface area (Å²) in [5.41, 5.74) is 18.7. The van der Waals surface area contributed by atoms with Crippen LogP contribution >= 0.6 is 11.8 Å². The second-order valence-electron chi connectivity index (χ2n) is 25.9. The van der Waals surface area contributed by atoms with Crippen LogP contribution in [0.25, 0.3) is 0 Å². The number of carbonyl (C=O) groups excluding carboxylic acids is 12. The summed E-state index contributed by atoms with van der Waals surface area (Å²) in [5.74, 6) is -15.6. The molecular formula is C66H103N17O16S. The van der Waals surface area contributed by atoms with Gasteiger partial charge in [-0.3, -0.25) is 72.1 Å². The second kappa shape index (κ2) is 42.1. The molecule has 20 N–H and O–H groups in total. The molecule has 1 saturated heterocycles. The lowest BCUT2D eigenvalue weighted by Gasteiger charge is -2.30. The number of carboxylic acids is 2. The van der Waals surface area contributed by atoms with E-state index in [0.717, 1.165) is 6.42 Å². The van der Waals surface area contributed by atoms with Gasteiger partial charge in [-0.15, -0.1) is 0 Å². The Morgan fingerprint density at radius 2 is 1.26 bits per heavy atom. The molecule has 0 saturated carbocycles. The van der Waals surface area contributed by atoms with Crippen molar-refractivity contribution in [1.82, 2.24) is 68.5 Å². The summed E-state index contributed by atoms with van der Waals surface area (Å²) in [6.07, 6.45) is 0.386. The normalized spacial score (nSPS) is 23.1. The van der Waals surface area contributed by atoms with E-state index in [9.17, 15) is 77.3 Å². The maximum Gasteiger partial charge on any atom is 0.305 e. The van der Waals surface area contributed by atoms with E-state index in [1.165, 1.54) is 24.3 Å². The Morgan fingerprint density at radius 1 is 0.660 bits per heavy atom. The summed E-state index contributed by atoms with van der Waals surface area (Å²) in [6, 6.07) is -7.45. The fourth-order valence-electron chi connectivity index (χ4n) is 10.9. The summed E-state index contributed by atoms with van der Waals surface area (Å²) in [5, 5.41) is 48.4. The molecule has 0 bridgehead atoms. The van der Waals surface area contributed by atoms with E-state index in [2.05, 4.69) is 73.4 Å². The van der Waals surface area contributed by atoms with E-state index in [0.29, 0.717) is 16.3 Å². The number of aromatic nitrogens is 2. The van der Waals surface area contributed by atoms with Gasteiger partial charge in [-0.2, -0.15) is 0 Å². The van der Waals surface area contributed by atoms with E-state index < -0.39 is 192 Å². The molecule has 2 aliphatic rings. The maximum absolute atomic E-state index is 14.9. The van der Waals surface area contributed by atoms with Crippen molar-refractivity contribution in [2.45, 2.75) is 223 Å². The number of nitrogens with zero attached hydrogens (tertiary/aromatic N) is 2. The van der Waals surface area contributed by atoms with Crippen molar-refractivity contribution in [3.63, 3.8) is 0 Å². The SMILES string of the molecule is CC[C@@H](C)[C@@H]1NC(=O)[C@@H](CCCN)NC(=O)[C@@H](NC(=O)[C@@H](NC(=O)[C@@H](CCC(=O)O)NC(=O)[C@H](CC(C)C)NC(=O)C2CN=C([C@@H](N)[C@@H](C)CC)S2)[C@H](C)CC)CCCCNC(=O)[C@H](CC(N)=O)NC(=O)[C@@H](CC(=O)O)NC(=O)[C@H](Cc2cnc[nH]2)NC(=O)[C@H](Cc2ccccc2)NC1=O. The van der Waals surface area contributed by atoms with Gasteiger partial charge in [-0.25, -0.2) is 4.98 Å². The number of aliphatic carboxylic acids is 2. The van der Waals surface area contributed by atoms with E-state index in [4.69, 9.17) is 17.2 Å². The van der Waals surface area contributed by atoms with Crippen LogP contribution in [-0.4, -0.2) is 199 Å². The number of amides is 12. The van der Waals surface area contributed by atoms with Gasteiger partial charge in [0.1, 0.15) is 65.7 Å². The van der Waals surface area contributed by atoms with Gasteiger partial charge in [0.2, 0.25) is 70.9 Å². The number of aliphatic imine (C=N–C) groups is 1.